The first-order chi connectivity index (χ1) is 28.2. The molecule has 5 nitrogen and oxygen atoms in total. The summed E-state index contributed by atoms with van der Waals surface area (Å²) in [4.78, 5) is 2.33. The molecule has 8 aromatic carbocycles. The highest BCUT2D eigenvalue weighted by Crippen LogP contribution is 2.47. The minimum atomic E-state index is 0.800. The highest BCUT2D eigenvalue weighted by molar-refractivity contribution is 6.13. The van der Waals surface area contributed by atoms with Crippen molar-refractivity contribution in [1.29, 1.82) is 0 Å². The summed E-state index contributed by atoms with van der Waals surface area (Å²) in [5.41, 5.74) is 13.3. The van der Waals surface area contributed by atoms with Gasteiger partial charge in [0.05, 0.1) is 16.4 Å². The van der Waals surface area contributed by atoms with E-state index in [1.54, 1.807) is 0 Å². The average molecular weight is 735 g/mol. The average Bonchev–Trinajstić information content (AvgIpc) is 3.93. The van der Waals surface area contributed by atoms with Gasteiger partial charge in [-0.2, -0.15) is 0 Å². The molecule has 0 aliphatic carbocycles. The molecule has 0 amide bonds. The van der Waals surface area contributed by atoms with E-state index in [1.807, 2.05) is 18.2 Å². The predicted octanol–water partition coefficient (Wildman–Crippen LogP) is 14.4. The molecule has 1 aliphatic heterocycles. The number of ether oxygens (including phenoxy) is 1. The molecule has 0 atom stereocenters. The Morgan fingerprint density at radius 1 is 0.474 bits per heavy atom. The molecule has 3 aromatic heterocycles. The lowest BCUT2D eigenvalue weighted by atomic mass is 9.96. The predicted molar refractivity (Wildman–Crippen MR) is 233 cm³/mol. The van der Waals surface area contributed by atoms with E-state index in [9.17, 15) is 0 Å². The number of benzene rings is 8. The second-order valence-electron chi connectivity index (χ2n) is 15.0. The standard InChI is InChI=1S/C52H34N2O3/c1-32-28-34-20-26-48-50(52(34)57-51(32)33-12-4-2-5-13-33)41-24-21-38(31-49(41)56-48)53(37-23-27-47-43(30-37)40-17-9-11-19-46(40)55-47)36-22-25-45-42(29-36)39-16-8-10-18-44(39)54(45)35-14-6-3-7-15-35/h2-27,29-31H,28H2,1H3. The maximum absolute atomic E-state index is 6.80. The molecule has 0 radical (unpaired) electrons. The van der Waals surface area contributed by atoms with E-state index in [-0.39, 0.29) is 0 Å². The Morgan fingerprint density at radius 2 is 1.11 bits per heavy atom. The quantitative estimate of drug-likeness (QED) is 0.177. The first kappa shape index (κ1) is 31.8. The Labute approximate surface area is 327 Å². The van der Waals surface area contributed by atoms with Crippen LogP contribution in [0.5, 0.6) is 5.75 Å². The Kier molecular flexibility index (Phi) is 6.84. The second kappa shape index (κ2) is 12.3. The number of hydrogen-bond acceptors (Lipinski definition) is 4. The summed E-state index contributed by atoms with van der Waals surface area (Å²) in [7, 11) is 0. The van der Waals surface area contributed by atoms with Gasteiger partial charge in [-0.1, -0.05) is 91.0 Å². The van der Waals surface area contributed by atoms with Gasteiger partial charge in [0.15, 0.2) is 0 Å². The van der Waals surface area contributed by atoms with E-state index in [2.05, 4.69) is 174 Å². The molecule has 0 saturated heterocycles. The van der Waals surface area contributed by atoms with Crippen LogP contribution in [0.1, 0.15) is 18.1 Å². The van der Waals surface area contributed by atoms with E-state index in [4.69, 9.17) is 13.6 Å². The summed E-state index contributed by atoms with van der Waals surface area (Å²) in [5.74, 6) is 1.79. The summed E-state index contributed by atoms with van der Waals surface area (Å²) in [6, 6.07) is 61.9. The molecule has 270 valence electrons. The number of fused-ring (bicyclic) bond motifs is 11. The molecule has 0 saturated carbocycles. The lowest BCUT2D eigenvalue weighted by Gasteiger charge is -2.26. The van der Waals surface area contributed by atoms with Crippen LogP contribution >= 0.6 is 0 Å². The van der Waals surface area contributed by atoms with Gasteiger partial charge in [0.25, 0.3) is 0 Å². The van der Waals surface area contributed by atoms with Gasteiger partial charge in [-0.15, -0.1) is 0 Å². The van der Waals surface area contributed by atoms with Crippen molar-refractivity contribution in [1.82, 2.24) is 4.57 Å². The molecule has 5 heteroatoms. The summed E-state index contributed by atoms with van der Waals surface area (Å²) in [5, 5.41) is 6.57. The van der Waals surface area contributed by atoms with Crippen molar-refractivity contribution in [3.63, 3.8) is 0 Å². The zero-order chi connectivity index (χ0) is 37.6. The van der Waals surface area contributed by atoms with Gasteiger partial charge >= 0.3 is 0 Å². The largest absolute Gasteiger partial charge is 0.456 e. The van der Waals surface area contributed by atoms with E-state index < -0.39 is 0 Å². The minimum Gasteiger partial charge on any atom is -0.456 e. The van der Waals surface area contributed by atoms with E-state index in [0.29, 0.717) is 0 Å². The zero-order valence-electron chi connectivity index (χ0n) is 31.1. The molecule has 12 rings (SSSR count). The molecule has 0 fully saturated rings. The van der Waals surface area contributed by atoms with Crippen LogP contribution in [0.25, 0.3) is 77.1 Å². The van der Waals surface area contributed by atoms with Crippen molar-refractivity contribution >= 4 is 88.5 Å². The van der Waals surface area contributed by atoms with Gasteiger partial charge in [0.1, 0.15) is 33.8 Å². The summed E-state index contributed by atoms with van der Waals surface area (Å²) >= 11 is 0. The third kappa shape index (κ3) is 4.89. The molecule has 1 aliphatic rings. The van der Waals surface area contributed by atoms with Crippen LogP contribution in [0, 0.1) is 0 Å². The van der Waals surface area contributed by atoms with E-state index in [1.165, 1.54) is 21.9 Å². The van der Waals surface area contributed by atoms with Crippen LogP contribution in [0.3, 0.4) is 0 Å². The Morgan fingerprint density at radius 3 is 1.96 bits per heavy atom. The van der Waals surface area contributed by atoms with Crippen LogP contribution in [0.4, 0.5) is 17.1 Å². The molecule has 0 spiro atoms. The number of allylic oxidation sites excluding steroid dienone is 1. The molecule has 4 heterocycles. The van der Waals surface area contributed by atoms with Crippen molar-refractivity contribution < 1.29 is 13.6 Å². The number of aromatic nitrogens is 1. The van der Waals surface area contributed by atoms with Crippen molar-refractivity contribution in [2.24, 2.45) is 0 Å². The lowest BCUT2D eigenvalue weighted by molar-refractivity contribution is 0.497. The molecule has 0 bridgehead atoms. The van der Waals surface area contributed by atoms with Crippen molar-refractivity contribution in [2.45, 2.75) is 13.3 Å². The topological polar surface area (TPSA) is 43.7 Å². The van der Waals surface area contributed by atoms with Crippen LogP contribution < -0.4 is 9.64 Å². The first-order valence-electron chi connectivity index (χ1n) is 19.4. The van der Waals surface area contributed by atoms with Crippen LogP contribution in [-0.4, -0.2) is 4.57 Å². The number of anilines is 3. The Balaban J connectivity index is 1.06. The van der Waals surface area contributed by atoms with Crippen molar-refractivity contribution in [3.8, 4) is 11.4 Å². The minimum absolute atomic E-state index is 0.800. The van der Waals surface area contributed by atoms with Gasteiger partial charge in [0, 0.05) is 67.7 Å². The van der Waals surface area contributed by atoms with Crippen LogP contribution in [-0.2, 0) is 6.42 Å². The van der Waals surface area contributed by atoms with Gasteiger partial charge in [-0.25, -0.2) is 0 Å². The maximum atomic E-state index is 6.80. The van der Waals surface area contributed by atoms with E-state index >= 15 is 0 Å². The zero-order valence-corrected chi connectivity index (χ0v) is 31.1. The lowest BCUT2D eigenvalue weighted by Crippen LogP contribution is -2.10. The summed E-state index contributed by atoms with van der Waals surface area (Å²) < 4.78 is 22.1. The summed E-state index contributed by atoms with van der Waals surface area (Å²) in [6.45, 7) is 2.16. The highest BCUT2D eigenvalue weighted by atomic mass is 16.5. The third-order valence-electron chi connectivity index (χ3n) is 11.5. The smallest absolute Gasteiger partial charge is 0.142 e. The van der Waals surface area contributed by atoms with Gasteiger partial charge in [0.2, 0.25) is 0 Å². The Hall–Kier alpha value is -7.50. The number of rotatable bonds is 5. The van der Waals surface area contributed by atoms with Crippen molar-refractivity contribution in [2.75, 3.05) is 4.90 Å². The number of hydrogen-bond donors (Lipinski definition) is 0. The number of para-hydroxylation sites is 3. The molecule has 0 unspecified atom stereocenters. The SMILES string of the molecule is CC1=C(c2ccccc2)Oc2c(ccc3oc4cc(N(c5ccc6oc7ccccc7c6c5)c5ccc6c(c5)c5ccccc5n6-c5ccccc5)ccc4c23)C1. The van der Waals surface area contributed by atoms with E-state index in [0.717, 1.165) is 101 Å². The van der Waals surface area contributed by atoms with Gasteiger partial charge in [-0.3, -0.25) is 0 Å². The van der Waals surface area contributed by atoms with Crippen molar-refractivity contribution in [3.05, 3.63) is 193 Å². The fourth-order valence-electron chi connectivity index (χ4n) is 8.97. The fourth-order valence-corrected chi connectivity index (χ4v) is 8.97. The van der Waals surface area contributed by atoms with Crippen LogP contribution in [0.2, 0.25) is 0 Å². The molecule has 0 N–H and O–H groups in total. The Bertz CT molecular complexity index is 3420. The number of furan rings is 2. The first-order valence-corrected chi connectivity index (χ1v) is 19.4. The van der Waals surface area contributed by atoms with Gasteiger partial charge < -0.3 is 23.0 Å². The molecule has 57 heavy (non-hydrogen) atoms. The molecule has 11 aromatic rings. The normalized spacial score (nSPS) is 13.0. The highest BCUT2D eigenvalue weighted by Gasteiger charge is 2.25. The monoisotopic (exact) mass is 734 g/mol. The molecular weight excluding hydrogens is 701 g/mol. The molecular formula is C52H34N2O3. The van der Waals surface area contributed by atoms with Gasteiger partial charge in [-0.05, 0) is 96.9 Å². The summed E-state index contributed by atoms with van der Waals surface area (Å²) in [6.07, 6.45) is 0.822. The second-order valence-corrected chi connectivity index (χ2v) is 15.0. The number of nitrogens with zero attached hydrogens (tertiary/aromatic N) is 2. The third-order valence-corrected chi connectivity index (χ3v) is 11.5. The fraction of sp³-hybridized carbons (Fsp3) is 0.0385. The maximum Gasteiger partial charge on any atom is 0.142 e. The van der Waals surface area contributed by atoms with Crippen LogP contribution in [0.15, 0.2) is 190 Å².